The Hall–Kier alpha value is -2.24. The van der Waals surface area contributed by atoms with E-state index >= 15 is 0 Å². The number of benzene rings is 1. The van der Waals surface area contributed by atoms with Gasteiger partial charge in [0.25, 0.3) is 0 Å². The summed E-state index contributed by atoms with van der Waals surface area (Å²) in [5.74, 6) is 0.339. The predicted molar refractivity (Wildman–Crippen MR) is 59.9 cm³/mol. The van der Waals surface area contributed by atoms with E-state index in [1.54, 1.807) is 23.1 Å². The summed E-state index contributed by atoms with van der Waals surface area (Å²) in [5, 5.41) is 4.04. The van der Waals surface area contributed by atoms with Crippen molar-refractivity contribution < 1.29 is 4.39 Å². The van der Waals surface area contributed by atoms with Gasteiger partial charge in [-0.1, -0.05) is 6.07 Å². The molecule has 3 aromatic rings. The van der Waals surface area contributed by atoms with Crippen LogP contribution in [0.4, 0.5) is 4.39 Å². The van der Waals surface area contributed by atoms with Gasteiger partial charge in [-0.3, -0.25) is 0 Å². The van der Waals surface area contributed by atoms with E-state index in [2.05, 4.69) is 20.1 Å². The van der Waals surface area contributed by atoms with Crippen molar-refractivity contribution >= 4 is 11.0 Å². The lowest BCUT2D eigenvalue weighted by Crippen LogP contribution is -2.08. The van der Waals surface area contributed by atoms with Gasteiger partial charge in [0.1, 0.15) is 30.0 Å². The summed E-state index contributed by atoms with van der Waals surface area (Å²) in [6.45, 7) is 1.92. The van der Waals surface area contributed by atoms with Crippen LogP contribution in [0.5, 0.6) is 0 Å². The van der Waals surface area contributed by atoms with Crippen molar-refractivity contribution in [1.29, 1.82) is 0 Å². The molecule has 1 atom stereocenters. The highest BCUT2D eigenvalue weighted by atomic mass is 19.1. The molecule has 0 aliphatic heterocycles. The molecule has 1 N–H and O–H groups in total. The zero-order chi connectivity index (χ0) is 11.8. The van der Waals surface area contributed by atoms with E-state index < -0.39 is 0 Å². The molecule has 0 amide bonds. The third-order valence-corrected chi connectivity index (χ3v) is 2.71. The summed E-state index contributed by atoms with van der Waals surface area (Å²) in [5.41, 5.74) is 1.04. The van der Waals surface area contributed by atoms with Crippen LogP contribution in [0.1, 0.15) is 18.8 Å². The Balaban J connectivity index is 2.10. The first kappa shape index (κ1) is 9.95. The molecule has 0 saturated heterocycles. The normalized spacial score (nSPS) is 13.1. The smallest absolute Gasteiger partial charge is 0.151 e. The molecule has 1 unspecified atom stereocenters. The summed E-state index contributed by atoms with van der Waals surface area (Å²) in [6, 6.07) is 4.74. The first-order chi connectivity index (χ1) is 8.25. The van der Waals surface area contributed by atoms with E-state index in [0.29, 0.717) is 16.9 Å². The molecule has 2 heterocycles. The standard InChI is InChI=1S/C11H10FN5/c1-7(17-6-13-5-14-17)11-15-9-4-2-3-8(12)10(9)16-11/h2-7H,1H3,(H,15,16). The Morgan fingerprint density at radius 2 is 2.29 bits per heavy atom. The van der Waals surface area contributed by atoms with Gasteiger partial charge in [-0.05, 0) is 19.1 Å². The van der Waals surface area contributed by atoms with E-state index in [1.807, 2.05) is 6.92 Å². The highest BCUT2D eigenvalue weighted by Gasteiger charge is 2.14. The highest BCUT2D eigenvalue weighted by Crippen LogP contribution is 2.20. The van der Waals surface area contributed by atoms with Gasteiger partial charge >= 0.3 is 0 Å². The molecule has 0 aliphatic rings. The molecule has 1 aromatic carbocycles. The van der Waals surface area contributed by atoms with Crippen molar-refractivity contribution in [2.24, 2.45) is 0 Å². The van der Waals surface area contributed by atoms with Gasteiger partial charge < -0.3 is 4.98 Å². The van der Waals surface area contributed by atoms with Crippen LogP contribution >= 0.6 is 0 Å². The molecule has 0 fully saturated rings. The molecule has 0 radical (unpaired) electrons. The fourth-order valence-corrected chi connectivity index (χ4v) is 1.76. The van der Waals surface area contributed by atoms with Gasteiger partial charge in [-0.25, -0.2) is 19.0 Å². The number of aromatic nitrogens is 5. The van der Waals surface area contributed by atoms with Crippen LogP contribution in [0.3, 0.4) is 0 Å². The summed E-state index contributed by atoms with van der Waals surface area (Å²) in [4.78, 5) is 11.2. The maximum Gasteiger partial charge on any atom is 0.151 e. The van der Waals surface area contributed by atoms with Crippen molar-refractivity contribution in [3.05, 3.63) is 42.5 Å². The number of H-pyrrole nitrogens is 1. The van der Waals surface area contributed by atoms with Gasteiger partial charge in [-0.2, -0.15) is 5.10 Å². The van der Waals surface area contributed by atoms with Gasteiger partial charge in [0, 0.05) is 0 Å². The molecule has 0 spiro atoms. The molecule has 2 aromatic heterocycles. The third-order valence-electron chi connectivity index (χ3n) is 2.71. The first-order valence-corrected chi connectivity index (χ1v) is 5.24. The number of nitrogens with one attached hydrogen (secondary N) is 1. The molecule has 6 heteroatoms. The lowest BCUT2D eigenvalue weighted by atomic mass is 10.3. The molecule has 86 valence electrons. The van der Waals surface area contributed by atoms with Gasteiger partial charge in [-0.15, -0.1) is 0 Å². The van der Waals surface area contributed by atoms with Crippen LogP contribution in [-0.4, -0.2) is 24.7 Å². The van der Waals surface area contributed by atoms with Crippen LogP contribution < -0.4 is 0 Å². The van der Waals surface area contributed by atoms with Crippen molar-refractivity contribution in [1.82, 2.24) is 24.7 Å². The topological polar surface area (TPSA) is 59.4 Å². The van der Waals surface area contributed by atoms with Gasteiger partial charge in [0.2, 0.25) is 0 Å². The number of aromatic amines is 1. The number of rotatable bonds is 2. The van der Waals surface area contributed by atoms with Crippen LogP contribution in [0.2, 0.25) is 0 Å². The van der Waals surface area contributed by atoms with E-state index in [-0.39, 0.29) is 11.9 Å². The van der Waals surface area contributed by atoms with E-state index in [1.165, 1.54) is 12.4 Å². The number of para-hydroxylation sites is 1. The van der Waals surface area contributed by atoms with Gasteiger partial charge in [0.15, 0.2) is 5.82 Å². The Morgan fingerprint density at radius 3 is 3.00 bits per heavy atom. The number of imidazole rings is 1. The Bertz CT molecular complexity index is 643. The molecular formula is C11H10FN5. The summed E-state index contributed by atoms with van der Waals surface area (Å²) < 4.78 is 15.2. The van der Waals surface area contributed by atoms with Crippen molar-refractivity contribution in [2.75, 3.05) is 0 Å². The number of halogens is 1. The average Bonchev–Trinajstić information content (AvgIpc) is 2.98. The Kier molecular flexibility index (Phi) is 2.14. The largest absolute Gasteiger partial charge is 0.340 e. The predicted octanol–water partition coefficient (Wildman–Crippen LogP) is 1.90. The van der Waals surface area contributed by atoms with Crippen LogP contribution in [-0.2, 0) is 0 Å². The summed E-state index contributed by atoms with van der Waals surface area (Å²) in [7, 11) is 0. The molecule has 5 nitrogen and oxygen atoms in total. The molecule has 0 aliphatic carbocycles. The lowest BCUT2D eigenvalue weighted by molar-refractivity contribution is 0.540. The third kappa shape index (κ3) is 1.57. The number of nitrogens with zero attached hydrogens (tertiary/aromatic N) is 4. The zero-order valence-corrected chi connectivity index (χ0v) is 9.13. The zero-order valence-electron chi connectivity index (χ0n) is 9.13. The molecule has 0 saturated carbocycles. The van der Waals surface area contributed by atoms with Crippen LogP contribution in [0, 0.1) is 5.82 Å². The second kappa shape index (κ2) is 3.65. The summed E-state index contributed by atoms with van der Waals surface area (Å²) in [6.07, 6.45) is 3.06. The second-order valence-electron chi connectivity index (χ2n) is 3.81. The monoisotopic (exact) mass is 231 g/mol. The first-order valence-electron chi connectivity index (χ1n) is 5.24. The SMILES string of the molecule is CC(c1nc2c(F)cccc2[nH]1)n1cncn1. The maximum atomic E-state index is 13.5. The molecule has 17 heavy (non-hydrogen) atoms. The highest BCUT2D eigenvalue weighted by molar-refractivity contribution is 5.75. The fourth-order valence-electron chi connectivity index (χ4n) is 1.76. The lowest BCUT2D eigenvalue weighted by Gasteiger charge is -2.06. The Morgan fingerprint density at radius 1 is 1.41 bits per heavy atom. The van der Waals surface area contributed by atoms with E-state index in [0.717, 1.165) is 0 Å². The van der Waals surface area contributed by atoms with Crippen molar-refractivity contribution in [3.63, 3.8) is 0 Å². The van der Waals surface area contributed by atoms with Gasteiger partial charge in [0.05, 0.1) is 5.52 Å². The minimum absolute atomic E-state index is 0.107. The van der Waals surface area contributed by atoms with E-state index in [9.17, 15) is 4.39 Å². The Labute approximate surface area is 96.3 Å². The molecule has 3 rings (SSSR count). The minimum atomic E-state index is -0.323. The van der Waals surface area contributed by atoms with Crippen LogP contribution in [0.25, 0.3) is 11.0 Å². The van der Waals surface area contributed by atoms with Crippen molar-refractivity contribution in [3.8, 4) is 0 Å². The van der Waals surface area contributed by atoms with Crippen LogP contribution in [0.15, 0.2) is 30.9 Å². The number of fused-ring (bicyclic) bond motifs is 1. The maximum absolute atomic E-state index is 13.5. The van der Waals surface area contributed by atoms with E-state index in [4.69, 9.17) is 0 Å². The summed E-state index contributed by atoms with van der Waals surface area (Å²) >= 11 is 0. The number of hydrogen-bond donors (Lipinski definition) is 1. The van der Waals surface area contributed by atoms with Crippen molar-refractivity contribution in [2.45, 2.75) is 13.0 Å². The second-order valence-corrected chi connectivity index (χ2v) is 3.81. The minimum Gasteiger partial charge on any atom is -0.340 e. The average molecular weight is 231 g/mol. The molecule has 0 bridgehead atoms. The molecular weight excluding hydrogens is 221 g/mol. The quantitative estimate of drug-likeness (QED) is 0.732. The fraction of sp³-hybridized carbons (Fsp3) is 0.182. The number of hydrogen-bond acceptors (Lipinski definition) is 3.